The summed E-state index contributed by atoms with van der Waals surface area (Å²) in [6.45, 7) is 4.44. The van der Waals surface area contributed by atoms with Crippen LogP contribution < -0.4 is 5.73 Å². The number of rotatable bonds is 3. The average molecular weight is 271 g/mol. The van der Waals surface area contributed by atoms with Crippen LogP contribution in [-0.2, 0) is 11.3 Å². The van der Waals surface area contributed by atoms with Gasteiger partial charge in [0.2, 0.25) is 0 Å². The number of hydrogen-bond donors (Lipinski definition) is 1. The first-order valence-corrected chi connectivity index (χ1v) is 7.20. The van der Waals surface area contributed by atoms with Gasteiger partial charge in [0.25, 0.3) is 0 Å². The van der Waals surface area contributed by atoms with E-state index in [0.717, 1.165) is 49.9 Å². The minimum Gasteiger partial charge on any atom is -0.384 e. The van der Waals surface area contributed by atoms with Gasteiger partial charge in [-0.25, -0.2) is 4.98 Å². The molecular weight excluding hydrogens is 250 g/mol. The summed E-state index contributed by atoms with van der Waals surface area (Å²) in [5.41, 5.74) is 8.65. The van der Waals surface area contributed by atoms with Gasteiger partial charge in [-0.3, -0.25) is 0 Å². The van der Waals surface area contributed by atoms with Crippen LogP contribution in [0.3, 0.4) is 0 Å². The summed E-state index contributed by atoms with van der Waals surface area (Å²) < 4.78 is 7.53. The van der Waals surface area contributed by atoms with E-state index in [1.165, 1.54) is 5.56 Å². The quantitative estimate of drug-likeness (QED) is 0.934. The molecule has 1 saturated heterocycles. The summed E-state index contributed by atoms with van der Waals surface area (Å²) in [6, 6.07) is 10.4. The van der Waals surface area contributed by atoms with Gasteiger partial charge in [-0.05, 0) is 25.3 Å². The van der Waals surface area contributed by atoms with Gasteiger partial charge < -0.3 is 15.0 Å². The van der Waals surface area contributed by atoms with Gasteiger partial charge in [-0.1, -0.05) is 30.3 Å². The number of imidazole rings is 1. The highest BCUT2D eigenvalue weighted by Crippen LogP contribution is 2.31. The first-order valence-electron chi connectivity index (χ1n) is 7.20. The van der Waals surface area contributed by atoms with Crippen LogP contribution in [0.15, 0.2) is 30.3 Å². The second-order valence-corrected chi connectivity index (χ2v) is 5.39. The van der Waals surface area contributed by atoms with Crippen molar-refractivity contribution in [2.45, 2.75) is 32.2 Å². The fourth-order valence-electron chi connectivity index (χ4n) is 2.84. The van der Waals surface area contributed by atoms with Crippen LogP contribution >= 0.6 is 0 Å². The zero-order valence-electron chi connectivity index (χ0n) is 11.9. The molecule has 3 rings (SSSR count). The van der Waals surface area contributed by atoms with E-state index in [1.807, 2.05) is 13.0 Å². The van der Waals surface area contributed by atoms with Gasteiger partial charge in [0.1, 0.15) is 11.6 Å². The Morgan fingerprint density at radius 1 is 1.25 bits per heavy atom. The zero-order chi connectivity index (χ0) is 13.9. The predicted octanol–water partition coefficient (Wildman–Crippen LogP) is 2.72. The number of anilines is 1. The minimum absolute atomic E-state index is 0.444. The third-order valence-corrected chi connectivity index (χ3v) is 4.02. The zero-order valence-corrected chi connectivity index (χ0v) is 11.9. The number of nitrogens with two attached hydrogens (primary N) is 1. The molecule has 0 spiro atoms. The molecule has 1 aliphatic rings. The molecule has 0 saturated carbocycles. The normalized spacial score (nSPS) is 16.4. The summed E-state index contributed by atoms with van der Waals surface area (Å²) in [7, 11) is 0. The summed E-state index contributed by atoms with van der Waals surface area (Å²) in [5.74, 6) is 2.26. The number of nitrogens with zero attached hydrogens (tertiary/aromatic N) is 2. The second-order valence-electron chi connectivity index (χ2n) is 5.39. The minimum atomic E-state index is 0.444. The van der Waals surface area contributed by atoms with Gasteiger partial charge >= 0.3 is 0 Å². The predicted molar refractivity (Wildman–Crippen MR) is 79.7 cm³/mol. The van der Waals surface area contributed by atoms with E-state index in [9.17, 15) is 0 Å². The number of aryl methyl sites for hydroxylation is 1. The number of ether oxygens (including phenoxy) is 1. The molecule has 0 amide bonds. The van der Waals surface area contributed by atoms with Crippen LogP contribution in [0.4, 0.5) is 5.82 Å². The van der Waals surface area contributed by atoms with Crippen molar-refractivity contribution in [2.24, 2.45) is 0 Å². The molecule has 4 nitrogen and oxygen atoms in total. The van der Waals surface area contributed by atoms with Crippen LogP contribution in [0.25, 0.3) is 0 Å². The molecular formula is C16H21N3O. The number of nitrogen functional groups attached to an aromatic ring is 1. The maximum Gasteiger partial charge on any atom is 0.127 e. The van der Waals surface area contributed by atoms with Gasteiger partial charge in [0.05, 0.1) is 12.2 Å². The van der Waals surface area contributed by atoms with E-state index < -0.39 is 0 Å². The van der Waals surface area contributed by atoms with Gasteiger partial charge in [-0.2, -0.15) is 0 Å². The highest BCUT2D eigenvalue weighted by atomic mass is 16.5. The Hall–Kier alpha value is -1.81. The van der Waals surface area contributed by atoms with Crippen LogP contribution in [0.1, 0.15) is 35.8 Å². The Morgan fingerprint density at radius 3 is 2.65 bits per heavy atom. The molecule has 1 aromatic heterocycles. The van der Waals surface area contributed by atoms with Crippen molar-refractivity contribution in [3.05, 3.63) is 47.4 Å². The summed E-state index contributed by atoms with van der Waals surface area (Å²) in [5, 5.41) is 0. The smallest absolute Gasteiger partial charge is 0.127 e. The van der Waals surface area contributed by atoms with Crippen molar-refractivity contribution in [3.63, 3.8) is 0 Å². The molecule has 1 fully saturated rings. The van der Waals surface area contributed by atoms with Crippen LogP contribution in [-0.4, -0.2) is 22.8 Å². The average Bonchev–Trinajstić information content (AvgIpc) is 2.77. The molecule has 0 atom stereocenters. The fourth-order valence-corrected chi connectivity index (χ4v) is 2.84. The molecule has 2 aromatic rings. The van der Waals surface area contributed by atoms with E-state index >= 15 is 0 Å². The Balaban J connectivity index is 1.86. The van der Waals surface area contributed by atoms with Gasteiger partial charge in [-0.15, -0.1) is 0 Å². The largest absolute Gasteiger partial charge is 0.384 e. The maximum atomic E-state index is 6.34. The molecule has 0 bridgehead atoms. The van der Waals surface area contributed by atoms with Crippen LogP contribution in [0.2, 0.25) is 0 Å². The first kappa shape index (κ1) is 13.2. The number of benzene rings is 1. The second kappa shape index (κ2) is 5.67. The van der Waals surface area contributed by atoms with Crippen molar-refractivity contribution in [1.82, 2.24) is 9.55 Å². The highest BCUT2D eigenvalue weighted by molar-refractivity contribution is 5.41. The van der Waals surface area contributed by atoms with Crippen LogP contribution in [0.5, 0.6) is 0 Å². The summed E-state index contributed by atoms with van der Waals surface area (Å²) >= 11 is 0. The van der Waals surface area contributed by atoms with Crippen molar-refractivity contribution < 1.29 is 4.74 Å². The third kappa shape index (κ3) is 2.56. The lowest BCUT2D eigenvalue weighted by Gasteiger charge is -2.21. The number of hydrogen-bond acceptors (Lipinski definition) is 3. The Morgan fingerprint density at radius 2 is 1.95 bits per heavy atom. The van der Waals surface area contributed by atoms with Gasteiger partial charge in [0.15, 0.2) is 0 Å². The molecule has 0 aliphatic carbocycles. The lowest BCUT2D eigenvalue weighted by molar-refractivity contribution is 0.0847. The topological polar surface area (TPSA) is 53.1 Å². The number of aromatic nitrogens is 2. The lowest BCUT2D eigenvalue weighted by atomic mass is 9.96. The first-order chi connectivity index (χ1) is 9.75. The Labute approximate surface area is 119 Å². The summed E-state index contributed by atoms with van der Waals surface area (Å²) in [6.07, 6.45) is 2.04. The van der Waals surface area contributed by atoms with Gasteiger partial charge in [0, 0.05) is 19.1 Å². The van der Waals surface area contributed by atoms with Crippen LogP contribution in [0, 0.1) is 6.92 Å². The molecule has 2 heterocycles. The van der Waals surface area contributed by atoms with E-state index in [2.05, 4.69) is 28.8 Å². The van der Waals surface area contributed by atoms with E-state index in [4.69, 9.17) is 15.5 Å². The standard InChI is InChI=1S/C16H21N3O/c1-12-18-15(14-7-9-20-10-8-14)16(17)19(12)11-13-5-3-2-4-6-13/h2-6,14H,7-11,17H2,1H3. The monoisotopic (exact) mass is 271 g/mol. The van der Waals surface area contributed by atoms with E-state index in [1.54, 1.807) is 0 Å². The molecule has 4 heteroatoms. The molecule has 0 unspecified atom stereocenters. The van der Waals surface area contributed by atoms with E-state index in [0.29, 0.717) is 5.92 Å². The Bertz CT molecular complexity index is 571. The molecule has 1 aliphatic heterocycles. The molecule has 106 valence electrons. The molecule has 20 heavy (non-hydrogen) atoms. The molecule has 1 aromatic carbocycles. The molecule has 0 radical (unpaired) electrons. The fraction of sp³-hybridized carbons (Fsp3) is 0.438. The maximum absolute atomic E-state index is 6.34. The SMILES string of the molecule is Cc1nc(C2CCOCC2)c(N)n1Cc1ccccc1. The highest BCUT2D eigenvalue weighted by Gasteiger charge is 2.23. The molecule has 2 N–H and O–H groups in total. The third-order valence-electron chi connectivity index (χ3n) is 4.02. The Kier molecular flexibility index (Phi) is 3.74. The van der Waals surface area contributed by atoms with E-state index in [-0.39, 0.29) is 0 Å². The van der Waals surface area contributed by atoms with Crippen molar-refractivity contribution in [3.8, 4) is 0 Å². The van der Waals surface area contributed by atoms with Crippen molar-refractivity contribution >= 4 is 5.82 Å². The van der Waals surface area contributed by atoms with Crippen molar-refractivity contribution in [2.75, 3.05) is 18.9 Å². The lowest BCUT2D eigenvalue weighted by Crippen LogP contribution is -2.16. The summed E-state index contributed by atoms with van der Waals surface area (Å²) in [4.78, 5) is 4.71. The van der Waals surface area contributed by atoms with Crippen molar-refractivity contribution in [1.29, 1.82) is 0 Å².